The van der Waals surface area contributed by atoms with E-state index in [4.69, 9.17) is 0 Å². The van der Waals surface area contributed by atoms with Crippen molar-refractivity contribution < 1.29 is 18.1 Å². The van der Waals surface area contributed by atoms with Crippen LogP contribution in [0.25, 0.3) is 0 Å². The third-order valence-electron chi connectivity index (χ3n) is 5.28. The zero-order valence-electron chi connectivity index (χ0n) is 16.8. The first-order chi connectivity index (χ1) is 13.2. The number of nitro benzene ring substituents is 1. The quantitative estimate of drug-likeness (QED) is 0.483. The molecule has 1 fully saturated rings. The molecule has 0 atom stereocenters. The zero-order chi connectivity index (χ0) is 20.9. The Labute approximate surface area is 166 Å². The van der Waals surface area contributed by atoms with E-state index in [2.05, 4.69) is 6.92 Å². The lowest BCUT2D eigenvalue weighted by atomic mass is 9.96. The molecule has 1 aromatic rings. The number of hydrogen-bond donors (Lipinski definition) is 0. The third kappa shape index (κ3) is 4.88. The van der Waals surface area contributed by atoms with Crippen LogP contribution in [0.2, 0.25) is 0 Å². The van der Waals surface area contributed by atoms with Crippen LogP contribution in [0.4, 0.5) is 5.69 Å². The Balaban J connectivity index is 2.11. The summed E-state index contributed by atoms with van der Waals surface area (Å²) in [7, 11) is -3.83. The minimum Gasteiger partial charge on any atom is -0.343 e. The van der Waals surface area contributed by atoms with E-state index in [1.165, 1.54) is 16.4 Å². The van der Waals surface area contributed by atoms with Crippen LogP contribution in [0.3, 0.4) is 0 Å². The van der Waals surface area contributed by atoms with E-state index in [0.29, 0.717) is 24.9 Å². The number of carbonyl (C=O) groups excluding carboxylic acids is 1. The zero-order valence-corrected chi connectivity index (χ0v) is 17.6. The highest BCUT2D eigenvalue weighted by molar-refractivity contribution is 7.89. The highest BCUT2D eigenvalue weighted by Crippen LogP contribution is 2.29. The summed E-state index contributed by atoms with van der Waals surface area (Å²) in [6, 6.07) is 3.87. The van der Waals surface area contributed by atoms with Crippen LogP contribution in [-0.4, -0.2) is 54.6 Å². The minimum atomic E-state index is -3.83. The molecule has 28 heavy (non-hydrogen) atoms. The van der Waals surface area contributed by atoms with Gasteiger partial charge in [-0.25, -0.2) is 8.42 Å². The van der Waals surface area contributed by atoms with Gasteiger partial charge >= 0.3 is 0 Å². The van der Waals surface area contributed by atoms with Crippen molar-refractivity contribution in [3.63, 3.8) is 0 Å². The fraction of sp³-hybridized carbons (Fsp3) is 0.632. The van der Waals surface area contributed by atoms with Gasteiger partial charge < -0.3 is 4.90 Å². The molecule has 0 radical (unpaired) electrons. The van der Waals surface area contributed by atoms with Crippen molar-refractivity contribution in [2.24, 2.45) is 5.92 Å². The lowest BCUT2D eigenvalue weighted by molar-refractivity contribution is -0.385. The normalized spacial score (nSPS) is 16.1. The second kappa shape index (κ2) is 9.47. The van der Waals surface area contributed by atoms with Crippen LogP contribution in [0.15, 0.2) is 23.1 Å². The number of hydrogen-bond acceptors (Lipinski definition) is 5. The maximum atomic E-state index is 13.0. The van der Waals surface area contributed by atoms with Gasteiger partial charge in [-0.05, 0) is 38.7 Å². The van der Waals surface area contributed by atoms with Crippen molar-refractivity contribution >= 4 is 21.6 Å². The summed E-state index contributed by atoms with van der Waals surface area (Å²) in [4.78, 5) is 24.9. The van der Waals surface area contributed by atoms with Crippen LogP contribution in [-0.2, 0) is 14.8 Å². The lowest BCUT2D eigenvalue weighted by Crippen LogP contribution is -2.44. The molecule has 1 aromatic carbocycles. The maximum absolute atomic E-state index is 13.0. The van der Waals surface area contributed by atoms with E-state index >= 15 is 0 Å². The molecule has 8 nitrogen and oxygen atoms in total. The molecule has 0 spiro atoms. The van der Waals surface area contributed by atoms with Crippen molar-refractivity contribution in [3.8, 4) is 0 Å². The smallest absolute Gasteiger partial charge is 0.270 e. The molecule has 0 N–H and O–H groups in total. The van der Waals surface area contributed by atoms with Gasteiger partial charge in [0.15, 0.2) is 0 Å². The Bertz CT molecular complexity index is 817. The number of piperidine rings is 1. The molecule has 1 amide bonds. The molecule has 156 valence electrons. The van der Waals surface area contributed by atoms with Gasteiger partial charge in [-0.15, -0.1) is 0 Å². The number of rotatable bonds is 8. The summed E-state index contributed by atoms with van der Waals surface area (Å²) in [6.45, 7) is 7.54. The van der Waals surface area contributed by atoms with E-state index in [0.717, 1.165) is 25.5 Å². The Morgan fingerprint density at radius 1 is 1.29 bits per heavy atom. The van der Waals surface area contributed by atoms with Crippen molar-refractivity contribution in [1.82, 2.24) is 9.21 Å². The largest absolute Gasteiger partial charge is 0.343 e. The van der Waals surface area contributed by atoms with Crippen LogP contribution in [0.1, 0.15) is 45.1 Å². The molecular weight excluding hydrogens is 382 g/mol. The lowest BCUT2D eigenvalue weighted by Gasteiger charge is -2.33. The molecule has 1 aliphatic heterocycles. The molecule has 0 unspecified atom stereocenters. The summed E-state index contributed by atoms with van der Waals surface area (Å²) in [5.41, 5.74) is 0.226. The number of non-ortho nitro benzene ring substituents is 1. The summed E-state index contributed by atoms with van der Waals surface area (Å²) >= 11 is 0. The molecule has 0 aliphatic carbocycles. The number of benzene rings is 1. The van der Waals surface area contributed by atoms with Gasteiger partial charge in [-0.3, -0.25) is 14.9 Å². The van der Waals surface area contributed by atoms with E-state index in [1.807, 2.05) is 11.8 Å². The molecule has 0 saturated carbocycles. The van der Waals surface area contributed by atoms with E-state index in [9.17, 15) is 23.3 Å². The van der Waals surface area contributed by atoms with E-state index in [-0.39, 0.29) is 35.5 Å². The number of amides is 1. The fourth-order valence-electron chi connectivity index (χ4n) is 3.49. The highest BCUT2D eigenvalue weighted by Gasteiger charge is 2.34. The summed E-state index contributed by atoms with van der Waals surface area (Å²) in [5.74, 6) is -0.0750. The SMILES string of the molecule is CCCCN(CC)C(=O)C1CCN(S(=O)(=O)c2cc([N+](=O)[O-])ccc2C)CC1. The van der Waals surface area contributed by atoms with Crippen LogP contribution >= 0.6 is 0 Å². The van der Waals surface area contributed by atoms with Gasteiger partial charge in [0.2, 0.25) is 15.9 Å². The first-order valence-electron chi connectivity index (χ1n) is 9.76. The molecule has 0 aromatic heterocycles. The van der Waals surface area contributed by atoms with Gasteiger partial charge in [0.1, 0.15) is 0 Å². The molecule has 9 heteroatoms. The van der Waals surface area contributed by atoms with Crippen LogP contribution in [0.5, 0.6) is 0 Å². The average Bonchev–Trinajstić information content (AvgIpc) is 2.68. The van der Waals surface area contributed by atoms with Crippen molar-refractivity contribution in [2.75, 3.05) is 26.2 Å². The Hall–Kier alpha value is -2.00. The fourth-order valence-corrected chi connectivity index (χ4v) is 5.21. The highest BCUT2D eigenvalue weighted by atomic mass is 32.2. The number of nitro groups is 1. The number of unbranched alkanes of at least 4 members (excludes halogenated alkanes) is 1. The topological polar surface area (TPSA) is 101 Å². The summed E-state index contributed by atoms with van der Waals surface area (Å²) < 4.78 is 27.3. The number of sulfonamides is 1. The van der Waals surface area contributed by atoms with Crippen molar-refractivity contribution in [2.45, 2.75) is 51.3 Å². The first-order valence-corrected chi connectivity index (χ1v) is 11.2. The monoisotopic (exact) mass is 411 g/mol. The molecule has 1 aliphatic rings. The predicted octanol–water partition coefficient (Wildman–Crippen LogP) is 2.95. The maximum Gasteiger partial charge on any atom is 0.270 e. The van der Waals surface area contributed by atoms with Crippen molar-refractivity contribution in [1.29, 1.82) is 0 Å². The number of nitrogens with zero attached hydrogens (tertiary/aromatic N) is 3. The van der Waals surface area contributed by atoms with Gasteiger partial charge in [-0.1, -0.05) is 19.4 Å². The molecule has 1 heterocycles. The number of aryl methyl sites for hydroxylation is 1. The summed E-state index contributed by atoms with van der Waals surface area (Å²) in [5, 5.41) is 11.0. The second-order valence-electron chi connectivity index (χ2n) is 7.16. The van der Waals surface area contributed by atoms with Crippen LogP contribution in [0, 0.1) is 23.0 Å². The standard InChI is InChI=1S/C19H29N3O5S/c1-4-6-11-20(5-2)19(23)16-9-12-21(13-10-16)28(26,27)18-14-17(22(24)25)8-7-15(18)3/h7-8,14,16H,4-6,9-13H2,1-3H3. The van der Waals surface area contributed by atoms with Crippen LogP contribution < -0.4 is 0 Å². The molecule has 1 saturated heterocycles. The minimum absolute atomic E-state index is 0.0374. The van der Waals surface area contributed by atoms with Gasteiger partial charge in [0.25, 0.3) is 5.69 Å². The van der Waals surface area contributed by atoms with Gasteiger partial charge in [-0.2, -0.15) is 4.31 Å². The molecule has 2 rings (SSSR count). The van der Waals surface area contributed by atoms with E-state index in [1.54, 1.807) is 6.92 Å². The summed E-state index contributed by atoms with van der Waals surface area (Å²) in [6.07, 6.45) is 2.91. The predicted molar refractivity (Wildman–Crippen MR) is 106 cm³/mol. The van der Waals surface area contributed by atoms with E-state index < -0.39 is 14.9 Å². The first kappa shape index (κ1) is 22.3. The van der Waals surface area contributed by atoms with Gasteiger partial charge in [0.05, 0.1) is 9.82 Å². The Morgan fingerprint density at radius 3 is 2.46 bits per heavy atom. The molecule has 0 bridgehead atoms. The average molecular weight is 412 g/mol. The molecular formula is C19H29N3O5S. The second-order valence-corrected chi connectivity index (χ2v) is 9.06. The Morgan fingerprint density at radius 2 is 1.93 bits per heavy atom. The Kier molecular flexibility index (Phi) is 7.54. The van der Waals surface area contributed by atoms with Gasteiger partial charge in [0, 0.05) is 44.2 Å². The number of carbonyl (C=O) groups is 1. The third-order valence-corrected chi connectivity index (χ3v) is 7.32. The van der Waals surface area contributed by atoms with Crippen molar-refractivity contribution in [3.05, 3.63) is 33.9 Å².